The molecule has 5 nitrogen and oxygen atoms in total. The monoisotopic (exact) mass is 347 g/mol. The second-order valence-corrected chi connectivity index (χ2v) is 7.14. The number of hydrogen-bond acceptors (Lipinski definition) is 5. The Bertz CT molecular complexity index is 668. The first-order chi connectivity index (χ1) is 12.1. The van der Waals surface area contributed by atoms with Crippen LogP contribution in [-0.2, 0) is 24.2 Å². The summed E-state index contributed by atoms with van der Waals surface area (Å²) in [6, 6.07) is 6.71. The van der Waals surface area contributed by atoms with Crippen molar-refractivity contribution < 1.29 is 13.7 Å². The number of ether oxygens (including phenoxy) is 1. The van der Waals surface area contributed by atoms with Crippen molar-refractivity contribution in [2.45, 2.75) is 52.3 Å². The van der Waals surface area contributed by atoms with Gasteiger partial charge in [-0.05, 0) is 36.5 Å². The zero-order chi connectivity index (χ0) is 17.6. The van der Waals surface area contributed by atoms with E-state index in [1.165, 1.54) is 6.07 Å². The third kappa shape index (κ3) is 5.61. The lowest BCUT2D eigenvalue weighted by Gasteiger charge is -2.24. The van der Waals surface area contributed by atoms with Gasteiger partial charge in [-0.15, -0.1) is 0 Å². The van der Waals surface area contributed by atoms with E-state index in [-0.39, 0.29) is 11.9 Å². The molecular weight excluding hydrogens is 321 g/mol. The first-order valence-corrected chi connectivity index (χ1v) is 8.98. The number of benzene rings is 1. The maximum atomic E-state index is 13.5. The molecule has 0 spiro atoms. The molecule has 1 saturated heterocycles. The lowest BCUT2D eigenvalue weighted by molar-refractivity contribution is 0.0667. The Morgan fingerprint density at radius 2 is 2.20 bits per heavy atom. The Labute approximate surface area is 148 Å². The lowest BCUT2D eigenvalue weighted by atomic mass is 10.1. The lowest BCUT2D eigenvalue weighted by Crippen LogP contribution is -2.31. The van der Waals surface area contributed by atoms with Gasteiger partial charge in [0.2, 0.25) is 5.89 Å². The number of hydrogen-bond donors (Lipinski definition) is 0. The average molecular weight is 347 g/mol. The highest BCUT2D eigenvalue weighted by Gasteiger charge is 2.21. The molecule has 25 heavy (non-hydrogen) atoms. The Morgan fingerprint density at radius 3 is 2.92 bits per heavy atom. The van der Waals surface area contributed by atoms with Crippen molar-refractivity contribution in [3.8, 4) is 0 Å². The van der Waals surface area contributed by atoms with Gasteiger partial charge < -0.3 is 9.26 Å². The zero-order valence-electron chi connectivity index (χ0n) is 14.9. The third-order valence-corrected chi connectivity index (χ3v) is 4.24. The molecule has 0 aliphatic carbocycles. The van der Waals surface area contributed by atoms with Crippen LogP contribution in [0.15, 0.2) is 28.8 Å². The fourth-order valence-corrected chi connectivity index (χ4v) is 3.14. The molecule has 0 amide bonds. The summed E-state index contributed by atoms with van der Waals surface area (Å²) in [6.07, 6.45) is 3.15. The summed E-state index contributed by atoms with van der Waals surface area (Å²) in [5.41, 5.74) is 0.934. The minimum Gasteiger partial charge on any atom is -0.377 e. The van der Waals surface area contributed by atoms with Gasteiger partial charge in [0.1, 0.15) is 5.82 Å². The maximum Gasteiger partial charge on any atom is 0.226 e. The van der Waals surface area contributed by atoms with Crippen LogP contribution < -0.4 is 0 Å². The highest BCUT2D eigenvalue weighted by Crippen LogP contribution is 2.17. The summed E-state index contributed by atoms with van der Waals surface area (Å²) in [7, 11) is 0. The van der Waals surface area contributed by atoms with Crippen LogP contribution in [0.3, 0.4) is 0 Å². The van der Waals surface area contributed by atoms with Crippen LogP contribution >= 0.6 is 0 Å². The van der Waals surface area contributed by atoms with E-state index in [0.717, 1.165) is 38.0 Å². The Balaban J connectivity index is 1.67. The van der Waals surface area contributed by atoms with Crippen LogP contribution in [0.25, 0.3) is 0 Å². The molecule has 0 bridgehead atoms. The molecule has 6 heteroatoms. The molecular formula is C19H26FN3O2. The standard InChI is InChI=1S/C19H26FN3O2/c1-14(2)9-19-21-18(22-25-19)13-23(12-17-7-4-8-24-17)11-15-5-3-6-16(20)10-15/h3,5-6,10,14,17H,4,7-9,11-13H2,1-2H3. The van der Waals surface area contributed by atoms with Crippen molar-refractivity contribution in [2.75, 3.05) is 13.2 Å². The molecule has 1 aromatic carbocycles. The van der Waals surface area contributed by atoms with Crippen LogP contribution in [0.2, 0.25) is 0 Å². The second-order valence-electron chi connectivity index (χ2n) is 7.14. The molecule has 1 aliphatic heterocycles. The van der Waals surface area contributed by atoms with Crippen LogP contribution in [0, 0.1) is 11.7 Å². The van der Waals surface area contributed by atoms with Gasteiger partial charge >= 0.3 is 0 Å². The summed E-state index contributed by atoms with van der Waals surface area (Å²) >= 11 is 0. The van der Waals surface area contributed by atoms with E-state index in [0.29, 0.717) is 30.7 Å². The summed E-state index contributed by atoms with van der Waals surface area (Å²) in [6.45, 7) is 7.04. The van der Waals surface area contributed by atoms with Crippen LogP contribution in [-0.4, -0.2) is 34.3 Å². The van der Waals surface area contributed by atoms with Crippen molar-refractivity contribution in [2.24, 2.45) is 5.92 Å². The Morgan fingerprint density at radius 1 is 1.32 bits per heavy atom. The molecule has 1 fully saturated rings. The zero-order valence-corrected chi connectivity index (χ0v) is 14.9. The largest absolute Gasteiger partial charge is 0.377 e. The minimum absolute atomic E-state index is 0.214. The Hall–Kier alpha value is -1.79. The molecule has 1 unspecified atom stereocenters. The van der Waals surface area contributed by atoms with Crippen LogP contribution in [0.5, 0.6) is 0 Å². The van der Waals surface area contributed by atoms with E-state index in [1.54, 1.807) is 12.1 Å². The fraction of sp³-hybridized carbons (Fsp3) is 0.579. The molecule has 3 rings (SSSR count). The molecule has 1 atom stereocenters. The number of nitrogens with zero attached hydrogens (tertiary/aromatic N) is 3. The topological polar surface area (TPSA) is 51.4 Å². The first-order valence-electron chi connectivity index (χ1n) is 8.98. The van der Waals surface area contributed by atoms with Crippen LogP contribution in [0.1, 0.15) is 44.0 Å². The van der Waals surface area contributed by atoms with E-state index in [2.05, 4.69) is 28.9 Å². The van der Waals surface area contributed by atoms with Crippen molar-refractivity contribution >= 4 is 0 Å². The minimum atomic E-state index is -0.214. The third-order valence-electron chi connectivity index (χ3n) is 4.24. The van der Waals surface area contributed by atoms with E-state index >= 15 is 0 Å². The Kier molecular flexibility index (Phi) is 6.15. The summed E-state index contributed by atoms with van der Waals surface area (Å²) in [4.78, 5) is 6.69. The molecule has 0 saturated carbocycles. The average Bonchev–Trinajstić information content (AvgIpc) is 3.19. The number of rotatable bonds is 8. The van der Waals surface area contributed by atoms with E-state index in [4.69, 9.17) is 9.26 Å². The predicted octanol–water partition coefficient (Wildman–Crippen LogP) is 3.59. The molecule has 0 N–H and O–H groups in total. The molecule has 2 heterocycles. The van der Waals surface area contributed by atoms with Gasteiger partial charge in [0.05, 0.1) is 12.6 Å². The smallest absolute Gasteiger partial charge is 0.226 e. The summed E-state index contributed by atoms with van der Waals surface area (Å²) < 4.78 is 24.6. The van der Waals surface area contributed by atoms with Gasteiger partial charge in [0.15, 0.2) is 5.82 Å². The number of halogens is 1. The summed E-state index contributed by atoms with van der Waals surface area (Å²) in [5, 5.41) is 4.10. The molecule has 136 valence electrons. The summed E-state index contributed by atoms with van der Waals surface area (Å²) in [5.74, 6) is 1.61. The predicted molar refractivity (Wildman–Crippen MR) is 92.3 cm³/mol. The molecule has 0 radical (unpaired) electrons. The van der Waals surface area contributed by atoms with E-state index in [1.807, 2.05) is 6.07 Å². The van der Waals surface area contributed by atoms with Gasteiger partial charge in [-0.2, -0.15) is 4.98 Å². The quantitative estimate of drug-likeness (QED) is 0.730. The van der Waals surface area contributed by atoms with Gasteiger partial charge in [0, 0.05) is 26.1 Å². The van der Waals surface area contributed by atoms with Gasteiger partial charge in [-0.25, -0.2) is 4.39 Å². The molecule has 1 aliphatic rings. The highest BCUT2D eigenvalue weighted by molar-refractivity contribution is 5.16. The highest BCUT2D eigenvalue weighted by atomic mass is 19.1. The maximum absolute atomic E-state index is 13.5. The van der Waals surface area contributed by atoms with Gasteiger partial charge in [0.25, 0.3) is 0 Å². The molecule has 2 aromatic rings. The van der Waals surface area contributed by atoms with Gasteiger partial charge in [-0.1, -0.05) is 31.1 Å². The first kappa shape index (κ1) is 18.0. The fourth-order valence-electron chi connectivity index (χ4n) is 3.14. The second kappa shape index (κ2) is 8.54. The SMILES string of the molecule is CC(C)Cc1nc(CN(Cc2cccc(F)c2)CC2CCCO2)no1. The van der Waals surface area contributed by atoms with Crippen molar-refractivity contribution in [1.82, 2.24) is 15.0 Å². The van der Waals surface area contributed by atoms with E-state index < -0.39 is 0 Å². The van der Waals surface area contributed by atoms with Crippen molar-refractivity contribution in [1.29, 1.82) is 0 Å². The van der Waals surface area contributed by atoms with Crippen molar-refractivity contribution in [3.05, 3.63) is 47.4 Å². The van der Waals surface area contributed by atoms with Crippen molar-refractivity contribution in [3.63, 3.8) is 0 Å². The van der Waals surface area contributed by atoms with E-state index in [9.17, 15) is 4.39 Å². The van der Waals surface area contributed by atoms with Gasteiger partial charge in [-0.3, -0.25) is 4.90 Å². The normalized spacial score (nSPS) is 17.7. The number of aromatic nitrogens is 2. The molecule has 1 aromatic heterocycles. The van der Waals surface area contributed by atoms with Crippen LogP contribution in [0.4, 0.5) is 4.39 Å².